The first-order valence-electron chi connectivity index (χ1n) is 4.81. The lowest BCUT2D eigenvalue weighted by molar-refractivity contribution is -0.116. The van der Waals surface area contributed by atoms with Crippen molar-refractivity contribution in [3.63, 3.8) is 0 Å². The van der Waals surface area contributed by atoms with Crippen LogP contribution in [0.15, 0.2) is 29.4 Å². The van der Waals surface area contributed by atoms with Gasteiger partial charge in [0.2, 0.25) is 6.41 Å². The van der Waals surface area contributed by atoms with Crippen LogP contribution in [-0.4, -0.2) is 30.6 Å². The second kappa shape index (κ2) is 8.23. The summed E-state index contributed by atoms with van der Waals surface area (Å²) in [6.07, 6.45) is 7.44. The highest BCUT2D eigenvalue weighted by atomic mass is 16.1. The standard InChI is InChI=1S/C11H18N2O/c1-4-6-7-8-12-9-11(3)13(5-2)10-14/h6-7,9-10H,3-5,8H2,1-2H3. The van der Waals surface area contributed by atoms with E-state index < -0.39 is 0 Å². The first kappa shape index (κ1) is 12.6. The molecule has 0 unspecified atom stereocenters. The highest BCUT2D eigenvalue weighted by Crippen LogP contribution is 1.94. The summed E-state index contributed by atoms with van der Waals surface area (Å²) in [5, 5.41) is 0. The molecule has 0 bridgehead atoms. The Kier molecular flexibility index (Phi) is 7.42. The van der Waals surface area contributed by atoms with Gasteiger partial charge in [0, 0.05) is 12.8 Å². The van der Waals surface area contributed by atoms with Crippen LogP contribution in [0.4, 0.5) is 0 Å². The maximum Gasteiger partial charge on any atom is 0.214 e. The minimum atomic E-state index is 0.624. The summed E-state index contributed by atoms with van der Waals surface area (Å²) < 4.78 is 0. The molecule has 0 atom stereocenters. The number of hydrogen-bond acceptors (Lipinski definition) is 2. The van der Waals surface area contributed by atoms with E-state index in [1.165, 1.54) is 4.90 Å². The molecular weight excluding hydrogens is 176 g/mol. The van der Waals surface area contributed by atoms with Gasteiger partial charge in [0.1, 0.15) is 0 Å². The molecule has 78 valence electrons. The molecular formula is C11H18N2O. The summed E-state index contributed by atoms with van der Waals surface area (Å²) in [5.74, 6) is 0. The zero-order valence-electron chi connectivity index (χ0n) is 8.94. The normalized spacial score (nSPS) is 11.0. The number of allylic oxidation sites excluding steroid dienone is 2. The third-order valence-electron chi connectivity index (χ3n) is 1.69. The fraction of sp³-hybridized carbons (Fsp3) is 0.455. The van der Waals surface area contributed by atoms with E-state index in [-0.39, 0.29) is 0 Å². The van der Waals surface area contributed by atoms with Gasteiger partial charge in [-0.1, -0.05) is 25.7 Å². The molecule has 0 aliphatic carbocycles. The van der Waals surface area contributed by atoms with E-state index in [0.29, 0.717) is 18.8 Å². The molecule has 0 saturated heterocycles. The third-order valence-corrected chi connectivity index (χ3v) is 1.69. The first-order chi connectivity index (χ1) is 6.76. The molecule has 0 saturated carbocycles. The van der Waals surface area contributed by atoms with Gasteiger partial charge in [-0.25, -0.2) is 0 Å². The largest absolute Gasteiger partial charge is 0.314 e. The van der Waals surface area contributed by atoms with Gasteiger partial charge in [-0.3, -0.25) is 9.79 Å². The van der Waals surface area contributed by atoms with E-state index in [1.54, 1.807) is 6.21 Å². The summed E-state index contributed by atoms with van der Waals surface area (Å²) in [5.41, 5.74) is 0.632. The smallest absolute Gasteiger partial charge is 0.214 e. The molecule has 0 rings (SSSR count). The average molecular weight is 194 g/mol. The maximum atomic E-state index is 10.5. The molecule has 0 aromatic carbocycles. The Labute approximate surface area is 85.8 Å². The summed E-state index contributed by atoms with van der Waals surface area (Å²) in [6.45, 7) is 8.97. The van der Waals surface area contributed by atoms with Gasteiger partial charge in [-0.15, -0.1) is 0 Å². The van der Waals surface area contributed by atoms with E-state index >= 15 is 0 Å². The fourth-order valence-electron chi connectivity index (χ4n) is 0.880. The SMILES string of the molecule is C=C(C=NCC=CCC)N(C=O)CC. The molecule has 0 heterocycles. The van der Waals surface area contributed by atoms with E-state index in [1.807, 2.05) is 13.0 Å². The molecule has 0 fully saturated rings. The van der Waals surface area contributed by atoms with Crippen LogP contribution in [0.5, 0.6) is 0 Å². The molecule has 0 aromatic rings. The first-order valence-corrected chi connectivity index (χ1v) is 4.81. The Hall–Kier alpha value is -1.38. The van der Waals surface area contributed by atoms with Gasteiger partial charge < -0.3 is 4.90 Å². The number of aliphatic imine (C=N–C) groups is 1. The Bertz CT molecular complexity index is 231. The number of carbonyl (C=O) groups excluding carboxylic acids is 1. The van der Waals surface area contributed by atoms with Crippen molar-refractivity contribution in [2.75, 3.05) is 13.1 Å². The molecule has 0 N–H and O–H groups in total. The van der Waals surface area contributed by atoms with Crippen molar-refractivity contribution in [3.8, 4) is 0 Å². The summed E-state index contributed by atoms with van der Waals surface area (Å²) in [4.78, 5) is 16.1. The van der Waals surface area contributed by atoms with Crippen molar-refractivity contribution < 1.29 is 4.79 Å². The second-order valence-corrected chi connectivity index (χ2v) is 2.76. The van der Waals surface area contributed by atoms with Crippen LogP contribution in [0.3, 0.4) is 0 Å². The highest BCUT2D eigenvalue weighted by molar-refractivity contribution is 5.80. The van der Waals surface area contributed by atoms with E-state index in [9.17, 15) is 4.79 Å². The number of amides is 1. The molecule has 0 aliphatic rings. The highest BCUT2D eigenvalue weighted by Gasteiger charge is 1.98. The summed E-state index contributed by atoms with van der Waals surface area (Å²) in [7, 11) is 0. The van der Waals surface area contributed by atoms with Gasteiger partial charge in [0.05, 0.1) is 12.2 Å². The third kappa shape index (κ3) is 5.30. The predicted octanol–water partition coefficient (Wildman–Crippen LogP) is 2.02. The second-order valence-electron chi connectivity index (χ2n) is 2.76. The van der Waals surface area contributed by atoms with Crippen LogP contribution in [0, 0.1) is 0 Å². The van der Waals surface area contributed by atoms with Gasteiger partial charge in [-0.2, -0.15) is 0 Å². The lowest BCUT2D eigenvalue weighted by Gasteiger charge is -2.13. The minimum Gasteiger partial charge on any atom is -0.314 e. The van der Waals surface area contributed by atoms with E-state index in [0.717, 1.165) is 12.8 Å². The predicted molar refractivity (Wildman–Crippen MR) is 60.4 cm³/mol. The van der Waals surface area contributed by atoms with Gasteiger partial charge in [-0.05, 0) is 13.3 Å². The zero-order chi connectivity index (χ0) is 10.8. The van der Waals surface area contributed by atoms with Crippen LogP contribution >= 0.6 is 0 Å². The lowest BCUT2D eigenvalue weighted by Crippen LogP contribution is -2.20. The molecule has 0 radical (unpaired) electrons. The van der Waals surface area contributed by atoms with Crippen molar-refractivity contribution in [1.82, 2.24) is 4.90 Å². The number of hydrogen-bond donors (Lipinski definition) is 0. The van der Waals surface area contributed by atoms with E-state index in [4.69, 9.17) is 0 Å². The Morgan fingerprint density at radius 3 is 2.64 bits per heavy atom. The quantitative estimate of drug-likeness (QED) is 0.346. The van der Waals surface area contributed by atoms with Crippen LogP contribution < -0.4 is 0 Å². The summed E-state index contributed by atoms with van der Waals surface area (Å²) in [6, 6.07) is 0. The Balaban J connectivity index is 3.91. The monoisotopic (exact) mass is 194 g/mol. The Morgan fingerprint density at radius 1 is 1.43 bits per heavy atom. The van der Waals surface area contributed by atoms with Crippen molar-refractivity contribution in [2.45, 2.75) is 20.3 Å². The van der Waals surface area contributed by atoms with E-state index in [2.05, 4.69) is 24.6 Å². The lowest BCUT2D eigenvalue weighted by atomic mass is 10.4. The molecule has 3 heteroatoms. The fourth-order valence-corrected chi connectivity index (χ4v) is 0.880. The van der Waals surface area contributed by atoms with Crippen LogP contribution in [-0.2, 0) is 4.79 Å². The topological polar surface area (TPSA) is 32.7 Å². The van der Waals surface area contributed by atoms with Crippen molar-refractivity contribution in [1.29, 1.82) is 0 Å². The average Bonchev–Trinajstić information content (AvgIpc) is 2.19. The Morgan fingerprint density at radius 2 is 2.14 bits per heavy atom. The van der Waals surface area contributed by atoms with Crippen LogP contribution in [0.25, 0.3) is 0 Å². The summed E-state index contributed by atoms with van der Waals surface area (Å²) >= 11 is 0. The van der Waals surface area contributed by atoms with Gasteiger partial charge >= 0.3 is 0 Å². The minimum absolute atomic E-state index is 0.624. The number of nitrogens with zero attached hydrogens (tertiary/aromatic N) is 2. The molecule has 0 aromatic heterocycles. The van der Waals surface area contributed by atoms with Crippen molar-refractivity contribution >= 4 is 12.6 Å². The van der Waals surface area contributed by atoms with Crippen LogP contribution in [0.2, 0.25) is 0 Å². The maximum absolute atomic E-state index is 10.5. The molecule has 1 amide bonds. The van der Waals surface area contributed by atoms with Gasteiger partial charge in [0.25, 0.3) is 0 Å². The zero-order valence-corrected chi connectivity index (χ0v) is 8.94. The number of rotatable bonds is 7. The molecule has 14 heavy (non-hydrogen) atoms. The molecule has 0 spiro atoms. The van der Waals surface area contributed by atoms with Crippen molar-refractivity contribution in [2.24, 2.45) is 4.99 Å². The van der Waals surface area contributed by atoms with Crippen molar-refractivity contribution in [3.05, 3.63) is 24.4 Å². The van der Waals surface area contributed by atoms with Crippen LogP contribution in [0.1, 0.15) is 20.3 Å². The molecule has 0 aliphatic heterocycles. The van der Waals surface area contributed by atoms with Gasteiger partial charge in [0.15, 0.2) is 0 Å². The molecule has 3 nitrogen and oxygen atoms in total. The number of carbonyl (C=O) groups is 1.